The third kappa shape index (κ3) is 3.68. The lowest BCUT2D eigenvalue weighted by atomic mass is 10.1. The van der Waals surface area contributed by atoms with E-state index in [-0.39, 0.29) is 0 Å². The van der Waals surface area contributed by atoms with Crippen LogP contribution in [0.2, 0.25) is 0 Å². The molecule has 1 aliphatic carbocycles. The first-order valence-electron chi connectivity index (χ1n) is 9.46. The first kappa shape index (κ1) is 16.5. The van der Waals surface area contributed by atoms with Crippen molar-refractivity contribution in [1.29, 1.82) is 0 Å². The highest BCUT2D eigenvalue weighted by molar-refractivity contribution is 5.52. The zero-order valence-corrected chi connectivity index (χ0v) is 15.1. The molecule has 25 heavy (non-hydrogen) atoms. The van der Waals surface area contributed by atoms with Gasteiger partial charge in [0.2, 0.25) is 0 Å². The minimum atomic E-state index is 0.315. The molecule has 0 unspecified atom stereocenters. The van der Waals surface area contributed by atoms with Crippen LogP contribution < -0.4 is 4.90 Å². The van der Waals surface area contributed by atoms with Gasteiger partial charge < -0.3 is 14.2 Å². The Morgan fingerprint density at radius 3 is 2.72 bits per heavy atom. The van der Waals surface area contributed by atoms with Gasteiger partial charge in [-0.2, -0.15) is 0 Å². The maximum atomic E-state index is 6.36. The van der Waals surface area contributed by atoms with Crippen LogP contribution in [0.25, 0.3) is 11.5 Å². The summed E-state index contributed by atoms with van der Waals surface area (Å²) < 4.78 is 8.32. The zero-order chi connectivity index (χ0) is 17.2. The van der Waals surface area contributed by atoms with E-state index < -0.39 is 0 Å². The Bertz CT molecular complexity index is 694. The summed E-state index contributed by atoms with van der Waals surface area (Å²) in [6.07, 6.45) is 10.6. The third-order valence-corrected chi connectivity index (χ3v) is 5.24. The van der Waals surface area contributed by atoms with Crippen molar-refractivity contribution in [1.82, 2.24) is 19.7 Å². The van der Waals surface area contributed by atoms with Crippen molar-refractivity contribution in [2.45, 2.75) is 51.2 Å². The summed E-state index contributed by atoms with van der Waals surface area (Å²) in [5.74, 6) is 2.54. The van der Waals surface area contributed by atoms with Crippen molar-refractivity contribution in [3.8, 4) is 11.5 Å². The normalized spacial score (nSPS) is 23.8. The van der Waals surface area contributed by atoms with Gasteiger partial charge in [0, 0.05) is 32.5 Å². The SMILES string of the molecule is CCCC[C@@H]1CN(c2ccc(-c3nccn3C)nn2)C[C@H](C2CC2)O1. The van der Waals surface area contributed by atoms with Gasteiger partial charge in [-0.1, -0.05) is 19.8 Å². The van der Waals surface area contributed by atoms with Crippen LogP contribution >= 0.6 is 0 Å². The van der Waals surface area contributed by atoms with Gasteiger partial charge in [-0.05, 0) is 37.3 Å². The monoisotopic (exact) mass is 341 g/mol. The van der Waals surface area contributed by atoms with Gasteiger partial charge in [0.1, 0.15) is 5.69 Å². The number of imidazole rings is 1. The van der Waals surface area contributed by atoms with Gasteiger partial charge in [-0.15, -0.1) is 10.2 Å². The maximum absolute atomic E-state index is 6.36. The molecular weight excluding hydrogens is 314 g/mol. The molecule has 0 N–H and O–H groups in total. The highest BCUT2D eigenvalue weighted by Gasteiger charge is 2.38. The largest absolute Gasteiger partial charge is 0.371 e. The van der Waals surface area contributed by atoms with Crippen LogP contribution in [0.15, 0.2) is 24.5 Å². The number of hydrogen-bond acceptors (Lipinski definition) is 5. The summed E-state index contributed by atoms with van der Waals surface area (Å²) in [6.45, 7) is 4.09. The Kier molecular flexibility index (Phi) is 4.70. The number of anilines is 1. The van der Waals surface area contributed by atoms with E-state index in [0.29, 0.717) is 12.2 Å². The van der Waals surface area contributed by atoms with Gasteiger partial charge in [0.05, 0.1) is 12.2 Å². The van der Waals surface area contributed by atoms with E-state index in [4.69, 9.17) is 4.74 Å². The van der Waals surface area contributed by atoms with Gasteiger partial charge in [0.15, 0.2) is 11.6 Å². The lowest BCUT2D eigenvalue weighted by Crippen LogP contribution is -2.49. The second-order valence-corrected chi connectivity index (χ2v) is 7.32. The van der Waals surface area contributed by atoms with Crippen molar-refractivity contribution in [2.24, 2.45) is 13.0 Å². The summed E-state index contributed by atoms with van der Waals surface area (Å²) in [5, 5.41) is 8.91. The first-order valence-corrected chi connectivity index (χ1v) is 9.46. The van der Waals surface area contributed by atoms with Gasteiger partial charge in [-0.3, -0.25) is 0 Å². The van der Waals surface area contributed by atoms with Crippen LogP contribution in [0, 0.1) is 5.92 Å². The molecule has 134 valence electrons. The molecule has 4 rings (SSSR count). The first-order chi connectivity index (χ1) is 12.2. The molecule has 3 heterocycles. The third-order valence-electron chi connectivity index (χ3n) is 5.24. The van der Waals surface area contributed by atoms with Crippen molar-refractivity contribution in [3.63, 3.8) is 0 Å². The topological polar surface area (TPSA) is 56.1 Å². The van der Waals surface area contributed by atoms with E-state index in [2.05, 4.69) is 33.1 Å². The molecule has 1 saturated heterocycles. The number of nitrogens with zero attached hydrogens (tertiary/aromatic N) is 5. The number of aryl methyl sites for hydroxylation is 1. The minimum Gasteiger partial charge on any atom is -0.371 e. The predicted octanol–water partition coefficient (Wildman–Crippen LogP) is 3.05. The zero-order valence-electron chi connectivity index (χ0n) is 15.1. The summed E-state index contributed by atoms with van der Waals surface area (Å²) in [6, 6.07) is 4.09. The molecule has 2 fully saturated rings. The van der Waals surface area contributed by atoms with Crippen LogP contribution in [0.4, 0.5) is 5.82 Å². The minimum absolute atomic E-state index is 0.315. The molecule has 0 bridgehead atoms. The molecule has 6 heteroatoms. The molecular formula is C19H27N5O. The fraction of sp³-hybridized carbons (Fsp3) is 0.632. The molecule has 2 atom stereocenters. The number of unbranched alkanes of at least 4 members (excludes halogenated alkanes) is 1. The average molecular weight is 341 g/mol. The molecule has 2 aromatic heterocycles. The van der Waals surface area contributed by atoms with Crippen LogP contribution in [0.3, 0.4) is 0 Å². The highest BCUT2D eigenvalue weighted by Crippen LogP contribution is 2.38. The van der Waals surface area contributed by atoms with Gasteiger partial charge in [-0.25, -0.2) is 4.98 Å². The van der Waals surface area contributed by atoms with E-state index in [9.17, 15) is 0 Å². The Balaban J connectivity index is 1.49. The number of rotatable bonds is 6. The van der Waals surface area contributed by atoms with Crippen molar-refractivity contribution < 1.29 is 4.74 Å². The molecule has 1 aliphatic heterocycles. The smallest absolute Gasteiger partial charge is 0.160 e. The van der Waals surface area contributed by atoms with E-state index in [1.54, 1.807) is 6.20 Å². The second-order valence-electron chi connectivity index (χ2n) is 7.32. The Hall–Kier alpha value is -1.95. The number of morpholine rings is 1. The molecule has 0 radical (unpaired) electrons. The molecule has 6 nitrogen and oxygen atoms in total. The summed E-state index contributed by atoms with van der Waals surface area (Å²) in [4.78, 5) is 6.71. The highest BCUT2D eigenvalue weighted by atomic mass is 16.5. The molecule has 2 aliphatic rings. The molecule has 1 saturated carbocycles. The van der Waals surface area contributed by atoms with Crippen molar-refractivity contribution in [2.75, 3.05) is 18.0 Å². The van der Waals surface area contributed by atoms with E-state index in [1.807, 2.05) is 23.9 Å². The van der Waals surface area contributed by atoms with Crippen LogP contribution in [0.5, 0.6) is 0 Å². The van der Waals surface area contributed by atoms with Crippen LogP contribution in [-0.2, 0) is 11.8 Å². The number of aromatic nitrogens is 4. The van der Waals surface area contributed by atoms with E-state index in [0.717, 1.165) is 42.8 Å². The summed E-state index contributed by atoms with van der Waals surface area (Å²) >= 11 is 0. The number of ether oxygens (including phenoxy) is 1. The molecule has 2 aromatic rings. The average Bonchev–Trinajstić information content (AvgIpc) is 3.41. The van der Waals surface area contributed by atoms with Gasteiger partial charge >= 0.3 is 0 Å². The fourth-order valence-corrected chi connectivity index (χ4v) is 3.60. The molecule has 0 aromatic carbocycles. The van der Waals surface area contributed by atoms with E-state index in [1.165, 1.54) is 25.7 Å². The Labute approximate surface area is 149 Å². The Morgan fingerprint density at radius 2 is 2.08 bits per heavy atom. The fourth-order valence-electron chi connectivity index (χ4n) is 3.60. The summed E-state index contributed by atoms with van der Waals surface area (Å²) in [7, 11) is 1.97. The molecule has 0 amide bonds. The molecule has 0 spiro atoms. The standard InChI is InChI=1S/C19H27N5O/c1-3-4-5-15-12-24(13-17(25-15)14-6-7-14)18-9-8-16(21-22-18)19-20-10-11-23(19)2/h8-11,14-15,17H,3-7,12-13H2,1-2H3/t15-,17-/m1/s1. The lowest BCUT2D eigenvalue weighted by Gasteiger charge is -2.39. The van der Waals surface area contributed by atoms with Crippen molar-refractivity contribution in [3.05, 3.63) is 24.5 Å². The van der Waals surface area contributed by atoms with Crippen LogP contribution in [0.1, 0.15) is 39.0 Å². The predicted molar refractivity (Wildman–Crippen MR) is 97.4 cm³/mol. The quantitative estimate of drug-likeness (QED) is 0.808. The number of hydrogen-bond donors (Lipinski definition) is 0. The summed E-state index contributed by atoms with van der Waals surface area (Å²) in [5.41, 5.74) is 0.811. The van der Waals surface area contributed by atoms with E-state index >= 15 is 0 Å². The second kappa shape index (κ2) is 7.12. The maximum Gasteiger partial charge on any atom is 0.160 e. The Morgan fingerprint density at radius 1 is 1.20 bits per heavy atom. The van der Waals surface area contributed by atoms with Crippen molar-refractivity contribution >= 4 is 5.82 Å². The van der Waals surface area contributed by atoms with Crippen LogP contribution in [-0.4, -0.2) is 45.0 Å². The lowest BCUT2D eigenvalue weighted by molar-refractivity contribution is -0.0412. The van der Waals surface area contributed by atoms with Gasteiger partial charge in [0.25, 0.3) is 0 Å².